The van der Waals surface area contributed by atoms with Crippen LogP contribution in [0.2, 0.25) is 0 Å². The summed E-state index contributed by atoms with van der Waals surface area (Å²) in [6.45, 7) is 0. The molecule has 0 atom stereocenters. The molecular weight excluding hydrogens is 109 g/mol. The van der Waals surface area contributed by atoms with Gasteiger partial charge in [-0.15, -0.1) is 0 Å². The van der Waals surface area contributed by atoms with Gasteiger partial charge in [0.15, 0.2) is 0 Å². The van der Waals surface area contributed by atoms with Crippen molar-refractivity contribution in [3.05, 3.63) is 0 Å². The fraction of sp³-hybridized carbons (Fsp3) is 1.00. The molecule has 2 N–H and O–H groups in total. The Bertz CT molecular complexity index is 56.4. The highest BCUT2D eigenvalue weighted by Crippen LogP contribution is 2.14. The van der Waals surface area contributed by atoms with E-state index in [0.29, 0.717) is 0 Å². The third kappa shape index (κ3) is 2.41. The lowest BCUT2D eigenvalue weighted by molar-refractivity contribution is -0.238. The van der Waals surface area contributed by atoms with Crippen molar-refractivity contribution in [2.45, 2.75) is 6.30 Å². The van der Waals surface area contributed by atoms with Crippen molar-refractivity contribution < 1.29 is 13.2 Å². The van der Waals surface area contributed by atoms with E-state index in [2.05, 4.69) is 5.84 Å². The molecule has 0 radical (unpaired) electrons. The molecule has 0 saturated heterocycles. The summed E-state index contributed by atoms with van der Waals surface area (Å²) >= 11 is 0. The predicted molar refractivity (Wildman–Crippen MR) is 18.0 cm³/mol. The van der Waals surface area contributed by atoms with Gasteiger partial charge in [0.05, 0.1) is 0 Å². The summed E-state index contributed by atoms with van der Waals surface area (Å²) < 4.78 is 32.9. The molecule has 0 aromatic rings. The van der Waals surface area contributed by atoms with Crippen molar-refractivity contribution in [1.29, 1.82) is 0 Å². The van der Waals surface area contributed by atoms with Gasteiger partial charge in [0.1, 0.15) is 0 Å². The Kier molecular flexibility index (Phi) is 1.60. The number of hydrogen-bond acceptors (Lipinski definition) is 2. The van der Waals surface area contributed by atoms with E-state index in [1.165, 1.54) is 0 Å². The van der Waals surface area contributed by atoms with E-state index in [1.807, 2.05) is 0 Å². The monoisotopic (exact) mass is 114 g/mol. The fourth-order valence-corrected chi connectivity index (χ4v) is 0. The van der Waals surface area contributed by atoms with Crippen LogP contribution in [0.4, 0.5) is 13.2 Å². The van der Waals surface area contributed by atoms with E-state index in [4.69, 9.17) is 0 Å². The molecule has 0 aromatic carbocycles. The Morgan fingerprint density at radius 1 is 1.43 bits per heavy atom. The quantitative estimate of drug-likeness (QED) is 0.279. The number of nitrogens with two attached hydrogens (primary N) is 1. The largest absolute Gasteiger partial charge is 0.472 e. The van der Waals surface area contributed by atoms with Crippen LogP contribution in [0, 0.1) is 0 Å². The Morgan fingerprint density at radius 3 is 1.57 bits per heavy atom. The van der Waals surface area contributed by atoms with Gasteiger partial charge in [-0.2, -0.15) is 18.2 Å². The SMILES string of the molecule is CN(N)C(F)(F)F. The van der Waals surface area contributed by atoms with Crippen LogP contribution in [0.5, 0.6) is 0 Å². The van der Waals surface area contributed by atoms with Crippen LogP contribution in [0.25, 0.3) is 0 Å². The molecule has 0 aromatic heterocycles. The molecule has 0 heterocycles. The zero-order valence-electron chi connectivity index (χ0n) is 3.66. The zero-order valence-corrected chi connectivity index (χ0v) is 3.66. The lowest BCUT2D eigenvalue weighted by Crippen LogP contribution is -2.39. The lowest BCUT2D eigenvalue weighted by Gasteiger charge is -2.11. The first-order chi connectivity index (χ1) is 2.94. The van der Waals surface area contributed by atoms with Crippen LogP contribution < -0.4 is 5.84 Å². The summed E-state index contributed by atoms with van der Waals surface area (Å²) in [7, 11) is 0.736. The molecule has 0 aliphatic rings. The number of halogens is 3. The van der Waals surface area contributed by atoms with Crippen molar-refractivity contribution in [3.8, 4) is 0 Å². The maximum absolute atomic E-state index is 11.0. The van der Waals surface area contributed by atoms with Crippen LogP contribution in [-0.4, -0.2) is 18.4 Å². The minimum atomic E-state index is -4.39. The summed E-state index contributed by atoms with van der Waals surface area (Å²) in [6.07, 6.45) is -4.39. The van der Waals surface area contributed by atoms with Gasteiger partial charge in [-0.25, -0.2) is 0 Å². The number of alkyl halides is 3. The van der Waals surface area contributed by atoms with Crippen molar-refractivity contribution >= 4 is 0 Å². The van der Waals surface area contributed by atoms with Gasteiger partial charge in [0.25, 0.3) is 0 Å². The predicted octanol–water partition coefficient (Wildman–Crippen LogP) is 0.312. The molecule has 2 nitrogen and oxygen atoms in total. The molecule has 0 unspecified atom stereocenters. The van der Waals surface area contributed by atoms with E-state index < -0.39 is 6.30 Å². The maximum atomic E-state index is 11.0. The van der Waals surface area contributed by atoms with Crippen molar-refractivity contribution in [3.63, 3.8) is 0 Å². The summed E-state index contributed by atoms with van der Waals surface area (Å²) in [5.41, 5.74) is 0. The second kappa shape index (κ2) is 1.67. The molecular formula is C2H5F3N2. The molecule has 7 heavy (non-hydrogen) atoms. The minimum absolute atomic E-state index is 0.312. The van der Waals surface area contributed by atoms with Crippen LogP contribution in [0.3, 0.4) is 0 Å². The van der Waals surface area contributed by atoms with Crippen LogP contribution in [0.15, 0.2) is 0 Å². The van der Waals surface area contributed by atoms with Gasteiger partial charge in [0, 0.05) is 7.05 Å². The van der Waals surface area contributed by atoms with Gasteiger partial charge in [-0.05, 0) is 0 Å². The molecule has 0 aliphatic carbocycles. The molecule has 5 heteroatoms. The summed E-state index contributed by atoms with van der Waals surface area (Å²) in [4.78, 5) is 0. The van der Waals surface area contributed by atoms with Crippen molar-refractivity contribution in [1.82, 2.24) is 5.01 Å². The smallest absolute Gasteiger partial charge is 0.262 e. The van der Waals surface area contributed by atoms with E-state index in [0.717, 1.165) is 7.05 Å². The molecule has 0 fully saturated rings. The standard InChI is InChI=1S/C2H5F3N2/c1-7(6)2(3,4)5/h6H2,1H3. The van der Waals surface area contributed by atoms with Gasteiger partial charge >= 0.3 is 6.30 Å². The highest BCUT2D eigenvalue weighted by Gasteiger charge is 2.31. The van der Waals surface area contributed by atoms with Gasteiger partial charge in [0.2, 0.25) is 0 Å². The molecule has 0 rings (SSSR count). The average molecular weight is 114 g/mol. The molecule has 0 bridgehead atoms. The van der Waals surface area contributed by atoms with Gasteiger partial charge in [-0.1, -0.05) is 0 Å². The fourth-order valence-electron chi connectivity index (χ4n) is 0. The van der Waals surface area contributed by atoms with Crippen LogP contribution in [-0.2, 0) is 0 Å². The Balaban J connectivity index is 3.54. The highest BCUT2D eigenvalue weighted by atomic mass is 19.4. The van der Waals surface area contributed by atoms with E-state index in [-0.39, 0.29) is 5.01 Å². The van der Waals surface area contributed by atoms with Crippen LogP contribution >= 0.6 is 0 Å². The van der Waals surface area contributed by atoms with E-state index in [1.54, 1.807) is 0 Å². The average Bonchev–Trinajstić information content (AvgIpc) is 1.31. The van der Waals surface area contributed by atoms with Crippen molar-refractivity contribution in [2.75, 3.05) is 7.05 Å². The van der Waals surface area contributed by atoms with Gasteiger partial charge < -0.3 is 0 Å². The lowest BCUT2D eigenvalue weighted by atomic mass is 11.0. The summed E-state index contributed by atoms with van der Waals surface area (Å²) in [5, 5.41) is -0.312. The molecule has 44 valence electrons. The normalized spacial score (nSPS) is 12.9. The first kappa shape index (κ1) is 6.71. The Hall–Kier alpha value is -0.290. The zero-order chi connectivity index (χ0) is 6.08. The second-order valence-electron chi connectivity index (χ2n) is 1.08. The number of nitrogens with zero attached hydrogens (tertiary/aromatic N) is 1. The molecule has 0 amide bonds. The third-order valence-corrected chi connectivity index (χ3v) is 0.400. The first-order valence-electron chi connectivity index (χ1n) is 1.50. The Morgan fingerprint density at radius 2 is 1.57 bits per heavy atom. The topological polar surface area (TPSA) is 29.3 Å². The molecule has 0 aliphatic heterocycles. The van der Waals surface area contributed by atoms with E-state index >= 15 is 0 Å². The number of rotatable bonds is 0. The minimum Gasteiger partial charge on any atom is -0.262 e. The summed E-state index contributed by atoms with van der Waals surface area (Å²) in [6, 6.07) is 0. The second-order valence-corrected chi connectivity index (χ2v) is 1.08. The number of hydrazine groups is 1. The number of hydrogen-bond donors (Lipinski definition) is 1. The van der Waals surface area contributed by atoms with Gasteiger partial charge in [-0.3, -0.25) is 5.84 Å². The van der Waals surface area contributed by atoms with Crippen LogP contribution in [0.1, 0.15) is 0 Å². The first-order valence-corrected chi connectivity index (χ1v) is 1.50. The van der Waals surface area contributed by atoms with E-state index in [9.17, 15) is 13.2 Å². The molecule has 0 saturated carbocycles. The summed E-state index contributed by atoms with van der Waals surface area (Å²) in [5.74, 6) is 4.28. The molecule has 0 spiro atoms. The highest BCUT2D eigenvalue weighted by molar-refractivity contribution is 4.36. The Labute approximate surface area is 38.7 Å². The van der Waals surface area contributed by atoms with Crippen molar-refractivity contribution in [2.24, 2.45) is 5.84 Å². The third-order valence-electron chi connectivity index (χ3n) is 0.400. The maximum Gasteiger partial charge on any atom is 0.472 e.